The maximum absolute atomic E-state index is 5.89. The lowest BCUT2D eigenvalue weighted by molar-refractivity contribution is 0.376. The van der Waals surface area contributed by atoms with Gasteiger partial charge in [-0.1, -0.05) is 6.07 Å². The van der Waals surface area contributed by atoms with Gasteiger partial charge in [0.25, 0.3) is 0 Å². The zero-order chi connectivity index (χ0) is 13.8. The molecule has 2 aromatic carbocycles. The van der Waals surface area contributed by atoms with E-state index in [1.165, 1.54) is 0 Å². The van der Waals surface area contributed by atoms with Gasteiger partial charge in [-0.05, 0) is 36.8 Å². The number of methoxy groups -OCH3 is 2. The highest BCUT2D eigenvalue weighted by Gasteiger charge is 2.09. The van der Waals surface area contributed by atoms with Gasteiger partial charge in [0.05, 0.1) is 19.9 Å². The molecule has 0 spiro atoms. The molecule has 0 saturated heterocycles. The van der Waals surface area contributed by atoms with E-state index in [4.69, 9.17) is 19.9 Å². The van der Waals surface area contributed by atoms with Crippen molar-refractivity contribution >= 4 is 5.69 Å². The maximum atomic E-state index is 5.89. The number of hydrogen-bond donors (Lipinski definition) is 1. The molecule has 100 valence electrons. The van der Waals surface area contributed by atoms with E-state index < -0.39 is 0 Å². The van der Waals surface area contributed by atoms with Gasteiger partial charge in [-0.2, -0.15) is 0 Å². The summed E-state index contributed by atoms with van der Waals surface area (Å²) >= 11 is 0. The summed E-state index contributed by atoms with van der Waals surface area (Å²) in [7, 11) is 3.21. The summed E-state index contributed by atoms with van der Waals surface area (Å²) in [4.78, 5) is 0. The summed E-state index contributed by atoms with van der Waals surface area (Å²) < 4.78 is 16.3. The normalized spacial score (nSPS) is 10.1. The Morgan fingerprint density at radius 2 is 1.63 bits per heavy atom. The molecule has 0 aliphatic rings. The van der Waals surface area contributed by atoms with Crippen molar-refractivity contribution in [2.24, 2.45) is 0 Å². The van der Waals surface area contributed by atoms with E-state index in [2.05, 4.69) is 0 Å². The van der Waals surface area contributed by atoms with E-state index in [0.717, 1.165) is 5.56 Å². The molecule has 2 N–H and O–H groups in total. The monoisotopic (exact) mass is 259 g/mol. The van der Waals surface area contributed by atoms with Gasteiger partial charge in [0.2, 0.25) is 0 Å². The molecule has 0 unspecified atom stereocenters. The third-order valence-electron chi connectivity index (χ3n) is 2.76. The van der Waals surface area contributed by atoms with Gasteiger partial charge in [0.15, 0.2) is 17.2 Å². The van der Waals surface area contributed by atoms with Crippen LogP contribution in [0.5, 0.6) is 23.0 Å². The molecule has 0 amide bonds. The molecular formula is C15H17NO3. The first-order valence-electron chi connectivity index (χ1n) is 5.90. The van der Waals surface area contributed by atoms with E-state index in [1.54, 1.807) is 32.4 Å². The lowest BCUT2D eigenvalue weighted by Gasteiger charge is -2.13. The van der Waals surface area contributed by atoms with Crippen LogP contribution < -0.4 is 19.9 Å². The minimum absolute atomic E-state index is 0.543. The molecule has 0 saturated carbocycles. The second-order valence-corrected chi connectivity index (χ2v) is 4.16. The fourth-order valence-corrected chi connectivity index (χ4v) is 1.71. The highest BCUT2D eigenvalue weighted by molar-refractivity contribution is 5.58. The highest BCUT2D eigenvalue weighted by atomic mass is 16.5. The number of ether oxygens (including phenoxy) is 3. The topological polar surface area (TPSA) is 53.7 Å². The Labute approximate surface area is 112 Å². The molecule has 2 aromatic rings. The Kier molecular flexibility index (Phi) is 3.80. The van der Waals surface area contributed by atoms with E-state index in [1.807, 2.05) is 25.1 Å². The average molecular weight is 259 g/mol. The summed E-state index contributed by atoms with van der Waals surface area (Å²) in [6, 6.07) is 11.0. The van der Waals surface area contributed by atoms with Crippen LogP contribution in [0.1, 0.15) is 5.56 Å². The van der Waals surface area contributed by atoms with Crippen molar-refractivity contribution in [1.82, 2.24) is 0 Å². The molecule has 0 aliphatic carbocycles. The van der Waals surface area contributed by atoms with Gasteiger partial charge in [-0.15, -0.1) is 0 Å². The van der Waals surface area contributed by atoms with Crippen molar-refractivity contribution in [3.05, 3.63) is 42.0 Å². The van der Waals surface area contributed by atoms with Gasteiger partial charge >= 0.3 is 0 Å². The number of benzene rings is 2. The van der Waals surface area contributed by atoms with E-state index in [9.17, 15) is 0 Å². The Hall–Kier alpha value is -2.36. The molecule has 0 heterocycles. The quantitative estimate of drug-likeness (QED) is 0.855. The number of hydrogen-bond acceptors (Lipinski definition) is 4. The number of anilines is 1. The van der Waals surface area contributed by atoms with Gasteiger partial charge < -0.3 is 19.9 Å². The fraction of sp³-hybridized carbons (Fsp3) is 0.200. The minimum Gasteiger partial charge on any atom is -0.497 e. The van der Waals surface area contributed by atoms with Gasteiger partial charge in [0, 0.05) is 6.07 Å². The molecular weight excluding hydrogens is 242 g/mol. The highest BCUT2D eigenvalue weighted by Crippen LogP contribution is 2.36. The lowest BCUT2D eigenvalue weighted by Crippen LogP contribution is -1.95. The molecule has 19 heavy (non-hydrogen) atoms. The lowest BCUT2D eigenvalue weighted by atomic mass is 10.2. The van der Waals surface area contributed by atoms with Crippen molar-refractivity contribution in [2.45, 2.75) is 6.92 Å². The maximum Gasteiger partial charge on any atom is 0.169 e. The third-order valence-corrected chi connectivity index (χ3v) is 2.76. The van der Waals surface area contributed by atoms with E-state index in [0.29, 0.717) is 28.7 Å². The van der Waals surface area contributed by atoms with Gasteiger partial charge in [-0.3, -0.25) is 0 Å². The average Bonchev–Trinajstić information content (AvgIpc) is 2.43. The third kappa shape index (κ3) is 2.91. The van der Waals surface area contributed by atoms with Crippen molar-refractivity contribution in [3.8, 4) is 23.0 Å². The first-order valence-corrected chi connectivity index (χ1v) is 5.90. The summed E-state index contributed by atoms with van der Waals surface area (Å²) in [6.07, 6.45) is 0. The van der Waals surface area contributed by atoms with Crippen LogP contribution in [-0.2, 0) is 0 Å². The summed E-state index contributed by atoms with van der Waals surface area (Å²) in [5, 5.41) is 0. The van der Waals surface area contributed by atoms with Crippen molar-refractivity contribution < 1.29 is 14.2 Å². The molecule has 0 fully saturated rings. The Bertz CT molecular complexity index is 582. The number of nitrogens with two attached hydrogens (primary N) is 1. The SMILES string of the molecule is COc1ccc(N)c(Oc2ccc(C)cc2OC)c1. The van der Waals surface area contributed by atoms with Crippen LogP contribution >= 0.6 is 0 Å². The molecule has 0 atom stereocenters. The second kappa shape index (κ2) is 5.52. The number of nitrogen functional groups attached to an aromatic ring is 1. The molecule has 4 nitrogen and oxygen atoms in total. The Morgan fingerprint density at radius 1 is 0.842 bits per heavy atom. The van der Waals surface area contributed by atoms with Crippen LogP contribution in [0.15, 0.2) is 36.4 Å². The van der Waals surface area contributed by atoms with Crippen LogP contribution in [0.4, 0.5) is 5.69 Å². The van der Waals surface area contributed by atoms with Crippen LogP contribution in [0.25, 0.3) is 0 Å². The predicted molar refractivity (Wildman–Crippen MR) is 75.2 cm³/mol. The fourth-order valence-electron chi connectivity index (χ4n) is 1.71. The van der Waals surface area contributed by atoms with Gasteiger partial charge in [0.1, 0.15) is 5.75 Å². The zero-order valence-corrected chi connectivity index (χ0v) is 11.3. The van der Waals surface area contributed by atoms with Crippen LogP contribution in [-0.4, -0.2) is 14.2 Å². The minimum atomic E-state index is 0.543. The molecule has 0 radical (unpaired) electrons. The molecule has 2 rings (SSSR count). The van der Waals surface area contributed by atoms with Crippen LogP contribution in [0, 0.1) is 6.92 Å². The molecule has 0 aliphatic heterocycles. The van der Waals surface area contributed by atoms with E-state index in [-0.39, 0.29) is 0 Å². The zero-order valence-electron chi connectivity index (χ0n) is 11.3. The standard InChI is InChI=1S/C15H17NO3/c1-10-4-7-13(15(8-10)18-3)19-14-9-11(17-2)5-6-12(14)16/h4-9H,16H2,1-3H3. The largest absolute Gasteiger partial charge is 0.497 e. The predicted octanol–water partition coefficient (Wildman–Crippen LogP) is 3.39. The van der Waals surface area contributed by atoms with Crippen molar-refractivity contribution in [3.63, 3.8) is 0 Å². The Balaban J connectivity index is 2.35. The van der Waals surface area contributed by atoms with Gasteiger partial charge in [-0.25, -0.2) is 0 Å². The van der Waals surface area contributed by atoms with Crippen LogP contribution in [0.2, 0.25) is 0 Å². The number of aryl methyl sites for hydroxylation is 1. The molecule has 4 heteroatoms. The Morgan fingerprint density at radius 3 is 2.32 bits per heavy atom. The first kappa shape index (κ1) is 13.1. The van der Waals surface area contributed by atoms with Crippen LogP contribution in [0.3, 0.4) is 0 Å². The molecule has 0 bridgehead atoms. The summed E-state index contributed by atoms with van der Waals surface area (Å²) in [5.74, 6) is 2.52. The summed E-state index contributed by atoms with van der Waals surface area (Å²) in [5.41, 5.74) is 7.54. The van der Waals surface area contributed by atoms with E-state index >= 15 is 0 Å². The molecule has 0 aromatic heterocycles. The van der Waals surface area contributed by atoms with Crippen molar-refractivity contribution in [1.29, 1.82) is 0 Å². The van der Waals surface area contributed by atoms with Crippen molar-refractivity contribution in [2.75, 3.05) is 20.0 Å². The summed E-state index contributed by atoms with van der Waals surface area (Å²) in [6.45, 7) is 1.99. The second-order valence-electron chi connectivity index (χ2n) is 4.16. The smallest absolute Gasteiger partial charge is 0.169 e. The number of rotatable bonds is 4. The first-order chi connectivity index (χ1) is 9.13.